The number of carbonyl (C=O) groups is 1. The van der Waals surface area contributed by atoms with Crippen LogP contribution in [0.3, 0.4) is 0 Å². The summed E-state index contributed by atoms with van der Waals surface area (Å²) in [6.07, 6.45) is 1.89. The van der Waals surface area contributed by atoms with Crippen LogP contribution in [0.25, 0.3) is 16.6 Å². The van der Waals surface area contributed by atoms with Gasteiger partial charge in [-0.1, -0.05) is 17.7 Å². The van der Waals surface area contributed by atoms with Crippen LogP contribution in [0, 0.1) is 19.8 Å². The standard InChI is InChI=1S/C20H19N3O2/c1-12-3-8-16(9-4-12)23-13(2)21-18-10-7-15(11-17(18)20(23)25)22-19(24)14-5-6-14/h3-4,7-11,14H,5-6H2,1-2H3,(H,22,24). The van der Waals surface area contributed by atoms with E-state index in [-0.39, 0.29) is 17.4 Å². The summed E-state index contributed by atoms with van der Waals surface area (Å²) in [5, 5.41) is 3.39. The van der Waals surface area contributed by atoms with Gasteiger partial charge in [0.05, 0.1) is 16.6 Å². The van der Waals surface area contributed by atoms with Gasteiger partial charge in [0.25, 0.3) is 5.56 Å². The lowest BCUT2D eigenvalue weighted by Crippen LogP contribution is -2.22. The number of aryl methyl sites for hydroxylation is 2. The first kappa shape index (κ1) is 15.6. The van der Waals surface area contributed by atoms with Gasteiger partial charge in [-0.05, 0) is 57.0 Å². The highest BCUT2D eigenvalue weighted by Gasteiger charge is 2.29. The molecule has 0 aliphatic heterocycles. The molecule has 1 fully saturated rings. The van der Waals surface area contributed by atoms with Crippen molar-refractivity contribution in [3.63, 3.8) is 0 Å². The minimum atomic E-state index is -0.131. The maximum absolute atomic E-state index is 13.0. The van der Waals surface area contributed by atoms with Crippen molar-refractivity contribution in [2.75, 3.05) is 5.32 Å². The second-order valence-electron chi connectivity index (χ2n) is 6.63. The van der Waals surface area contributed by atoms with Gasteiger partial charge in [-0.25, -0.2) is 4.98 Å². The van der Waals surface area contributed by atoms with E-state index in [2.05, 4.69) is 10.3 Å². The Hall–Kier alpha value is -2.95. The van der Waals surface area contributed by atoms with Crippen molar-refractivity contribution in [2.45, 2.75) is 26.7 Å². The van der Waals surface area contributed by atoms with E-state index in [1.165, 1.54) is 0 Å². The van der Waals surface area contributed by atoms with E-state index in [1.54, 1.807) is 22.8 Å². The van der Waals surface area contributed by atoms with E-state index in [4.69, 9.17) is 0 Å². The van der Waals surface area contributed by atoms with E-state index in [1.807, 2.05) is 38.1 Å². The predicted molar refractivity (Wildman–Crippen MR) is 98.2 cm³/mol. The quantitative estimate of drug-likeness (QED) is 0.799. The second kappa shape index (κ2) is 5.84. The van der Waals surface area contributed by atoms with Crippen molar-refractivity contribution < 1.29 is 4.79 Å². The van der Waals surface area contributed by atoms with Gasteiger partial charge in [-0.15, -0.1) is 0 Å². The predicted octanol–water partition coefficient (Wildman–Crippen LogP) is 3.35. The molecule has 1 aliphatic rings. The molecule has 0 saturated heterocycles. The number of carbonyl (C=O) groups excluding carboxylic acids is 1. The first-order chi connectivity index (χ1) is 12.0. The topological polar surface area (TPSA) is 64.0 Å². The normalized spacial score (nSPS) is 13.8. The second-order valence-corrected chi connectivity index (χ2v) is 6.63. The van der Waals surface area contributed by atoms with Crippen LogP contribution in [0.2, 0.25) is 0 Å². The molecule has 0 spiro atoms. The van der Waals surface area contributed by atoms with E-state index < -0.39 is 0 Å². The number of nitrogens with one attached hydrogen (secondary N) is 1. The Morgan fingerprint density at radius 2 is 1.84 bits per heavy atom. The molecule has 1 aliphatic carbocycles. The zero-order valence-electron chi connectivity index (χ0n) is 14.2. The molecule has 5 heteroatoms. The number of anilines is 1. The third-order valence-electron chi connectivity index (χ3n) is 4.54. The first-order valence-electron chi connectivity index (χ1n) is 8.44. The van der Waals surface area contributed by atoms with Crippen LogP contribution in [0.1, 0.15) is 24.2 Å². The number of benzene rings is 2. The Labute approximate surface area is 145 Å². The lowest BCUT2D eigenvalue weighted by atomic mass is 10.2. The van der Waals surface area contributed by atoms with Crippen LogP contribution in [0.4, 0.5) is 5.69 Å². The van der Waals surface area contributed by atoms with Crippen molar-refractivity contribution in [1.82, 2.24) is 9.55 Å². The highest BCUT2D eigenvalue weighted by atomic mass is 16.2. The van der Waals surface area contributed by atoms with Crippen LogP contribution >= 0.6 is 0 Å². The molecule has 0 unspecified atom stereocenters. The summed E-state index contributed by atoms with van der Waals surface area (Å²) in [5.74, 6) is 0.783. The minimum Gasteiger partial charge on any atom is -0.326 e. The average Bonchev–Trinajstić information content (AvgIpc) is 3.42. The molecule has 1 amide bonds. The van der Waals surface area contributed by atoms with E-state index >= 15 is 0 Å². The van der Waals surface area contributed by atoms with Crippen LogP contribution in [-0.4, -0.2) is 15.5 Å². The Morgan fingerprint density at radius 3 is 2.52 bits per heavy atom. The number of amides is 1. The van der Waals surface area contributed by atoms with Gasteiger partial charge in [-0.3, -0.25) is 14.2 Å². The Balaban J connectivity index is 1.82. The number of rotatable bonds is 3. The lowest BCUT2D eigenvalue weighted by Gasteiger charge is -2.12. The van der Waals surface area contributed by atoms with Gasteiger partial charge in [0.1, 0.15) is 5.82 Å². The van der Waals surface area contributed by atoms with Crippen molar-refractivity contribution in [3.8, 4) is 5.69 Å². The van der Waals surface area contributed by atoms with Gasteiger partial charge in [-0.2, -0.15) is 0 Å². The Bertz CT molecular complexity index is 1030. The fourth-order valence-electron chi connectivity index (χ4n) is 2.96. The molecule has 1 saturated carbocycles. The van der Waals surface area contributed by atoms with E-state index in [0.29, 0.717) is 22.4 Å². The zero-order valence-corrected chi connectivity index (χ0v) is 14.2. The minimum absolute atomic E-state index is 0.0262. The van der Waals surface area contributed by atoms with E-state index in [9.17, 15) is 9.59 Å². The molecule has 1 aromatic heterocycles. The van der Waals surface area contributed by atoms with Gasteiger partial charge in [0.2, 0.25) is 5.91 Å². The molecule has 25 heavy (non-hydrogen) atoms. The summed E-state index contributed by atoms with van der Waals surface area (Å²) in [7, 11) is 0. The molecule has 1 heterocycles. The monoisotopic (exact) mass is 333 g/mol. The highest BCUT2D eigenvalue weighted by Crippen LogP contribution is 2.30. The molecule has 5 nitrogen and oxygen atoms in total. The molecular weight excluding hydrogens is 314 g/mol. The molecule has 0 atom stereocenters. The Morgan fingerprint density at radius 1 is 1.12 bits per heavy atom. The highest BCUT2D eigenvalue weighted by molar-refractivity contribution is 5.96. The number of fused-ring (bicyclic) bond motifs is 1. The summed E-state index contributed by atoms with van der Waals surface area (Å²) in [6.45, 7) is 3.83. The van der Waals surface area contributed by atoms with Gasteiger partial charge >= 0.3 is 0 Å². The van der Waals surface area contributed by atoms with Crippen molar-refractivity contribution in [1.29, 1.82) is 0 Å². The van der Waals surface area contributed by atoms with Crippen LogP contribution in [-0.2, 0) is 4.79 Å². The largest absolute Gasteiger partial charge is 0.326 e. The number of aromatic nitrogens is 2. The summed E-state index contributed by atoms with van der Waals surface area (Å²) in [6, 6.07) is 13.1. The van der Waals surface area contributed by atoms with Gasteiger partial charge in [0.15, 0.2) is 0 Å². The lowest BCUT2D eigenvalue weighted by molar-refractivity contribution is -0.117. The molecule has 0 radical (unpaired) electrons. The molecule has 126 valence electrons. The van der Waals surface area contributed by atoms with Crippen molar-refractivity contribution in [2.24, 2.45) is 5.92 Å². The number of hydrogen-bond acceptors (Lipinski definition) is 3. The van der Waals surface area contributed by atoms with Crippen molar-refractivity contribution >= 4 is 22.5 Å². The summed E-state index contributed by atoms with van der Waals surface area (Å²) in [5.41, 5.74) is 3.06. The SMILES string of the molecule is Cc1ccc(-n2c(C)nc3ccc(NC(=O)C4CC4)cc3c2=O)cc1. The molecule has 0 bridgehead atoms. The first-order valence-corrected chi connectivity index (χ1v) is 8.44. The average molecular weight is 333 g/mol. The van der Waals surface area contributed by atoms with Gasteiger partial charge < -0.3 is 5.32 Å². The van der Waals surface area contributed by atoms with Crippen molar-refractivity contribution in [3.05, 3.63) is 64.2 Å². The molecule has 3 aromatic rings. The molecule has 4 rings (SSSR count). The third-order valence-corrected chi connectivity index (χ3v) is 4.54. The third kappa shape index (κ3) is 2.93. The van der Waals surface area contributed by atoms with Crippen LogP contribution < -0.4 is 10.9 Å². The zero-order chi connectivity index (χ0) is 17.6. The fraction of sp³-hybridized carbons (Fsp3) is 0.250. The summed E-state index contributed by atoms with van der Waals surface area (Å²) >= 11 is 0. The molecule has 1 N–H and O–H groups in total. The fourth-order valence-corrected chi connectivity index (χ4v) is 2.96. The maximum Gasteiger partial charge on any atom is 0.266 e. The maximum atomic E-state index is 13.0. The number of hydrogen-bond donors (Lipinski definition) is 1. The number of nitrogens with zero attached hydrogens (tertiary/aromatic N) is 2. The van der Waals surface area contributed by atoms with Crippen LogP contribution in [0.5, 0.6) is 0 Å². The van der Waals surface area contributed by atoms with E-state index in [0.717, 1.165) is 24.1 Å². The molecule has 2 aromatic carbocycles. The smallest absolute Gasteiger partial charge is 0.266 e. The summed E-state index contributed by atoms with van der Waals surface area (Å²) < 4.78 is 1.61. The summed E-state index contributed by atoms with van der Waals surface area (Å²) in [4.78, 5) is 29.5. The van der Waals surface area contributed by atoms with Crippen LogP contribution in [0.15, 0.2) is 47.3 Å². The van der Waals surface area contributed by atoms with Gasteiger partial charge in [0, 0.05) is 11.6 Å². The Kier molecular flexibility index (Phi) is 3.64. The molecular formula is C20H19N3O2.